The first kappa shape index (κ1) is 20.5. The number of anilines is 1. The summed E-state index contributed by atoms with van der Waals surface area (Å²) in [7, 11) is 0. The third kappa shape index (κ3) is 4.97. The normalized spacial score (nSPS) is 15.7. The van der Waals surface area contributed by atoms with E-state index in [1.165, 1.54) is 16.7 Å². The zero-order valence-corrected chi connectivity index (χ0v) is 17.3. The lowest BCUT2D eigenvalue weighted by Gasteiger charge is -2.38. The predicted octanol–water partition coefficient (Wildman–Crippen LogP) is 5.40. The summed E-state index contributed by atoms with van der Waals surface area (Å²) in [5, 5.41) is 13.1. The van der Waals surface area contributed by atoms with Crippen LogP contribution in [0.1, 0.15) is 41.6 Å². The van der Waals surface area contributed by atoms with Gasteiger partial charge in [-0.05, 0) is 60.7 Å². The lowest BCUT2D eigenvalue weighted by atomic mass is 10.0. The SMILES string of the molecule is CCC(Nc1ccc(C)c(CN2CC(OC(=O)O)C2)c1)c1ccc(Cl)c(C)c1. The number of rotatable bonds is 7. The van der Waals surface area contributed by atoms with E-state index in [-0.39, 0.29) is 12.1 Å². The Balaban J connectivity index is 1.66. The van der Waals surface area contributed by atoms with Crippen LogP contribution in [0.15, 0.2) is 36.4 Å². The number of nitrogens with one attached hydrogen (secondary N) is 1. The van der Waals surface area contributed by atoms with Crippen LogP contribution in [0, 0.1) is 13.8 Å². The summed E-state index contributed by atoms with van der Waals surface area (Å²) < 4.78 is 4.80. The van der Waals surface area contributed by atoms with Gasteiger partial charge in [0.15, 0.2) is 0 Å². The van der Waals surface area contributed by atoms with E-state index in [0.717, 1.165) is 29.2 Å². The van der Waals surface area contributed by atoms with Gasteiger partial charge in [-0.15, -0.1) is 0 Å². The van der Waals surface area contributed by atoms with Crippen LogP contribution in [0.4, 0.5) is 10.5 Å². The average molecular weight is 403 g/mol. The molecule has 0 radical (unpaired) electrons. The molecule has 1 fully saturated rings. The Morgan fingerprint density at radius 3 is 2.64 bits per heavy atom. The molecule has 150 valence electrons. The van der Waals surface area contributed by atoms with Gasteiger partial charge in [0, 0.05) is 30.3 Å². The van der Waals surface area contributed by atoms with Crippen LogP contribution in [0.25, 0.3) is 0 Å². The van der Waals surface area contributed by atoms with Gasteiger partial charge in [0.1, 0.15) is 6.10 Å². The fourth-order valence-electron chi connectivity index (χ4n) is 3.55. The number of nitrogens with zero attached hydrogens (tertiary/aromatic N) is 1. The van der Waals surface area contributed by atoms with Crippen LogP contribution < -0.4 is 5.32 Å². The van der Waals surface area contributed by atoms with E-state index in [9.17, 15) is 4.79 Å². The Kier molecular flexibility index (Phi) is 6.47. The molecule has 0 saturated carbocycles. The van der Waals surface area contributed by atoms with Crippen molar-refractivity contribution >= 4 is 23.4 Å². The predicted molar refractivity (Wildman–Crippen MR) is 112 cm³/mol. The van der Waals surface area contributed by atoms with Crippen LogP contribution in [-0.2, 0) is 11.3 Å². The maximum Gasteiger partial charge on any atom is 0.506 e. The van der Waals surface area contributed by atoms with Gasteiger partial charge in [0.2, 0.25) is 0 Å². The molecule has 1 saturated heterocycles. The van der Waals surface area contributed by atoms with Gasteiger partial charge in [-0.1, -0.05) is 36.7 Å². The quantitative estimate of drug-likeness (QED) is 0.607. The molecule has 0 amide bonds. The number of hydrogen-bond acceptors (Lipinski definition) is 4. The third-order valence-electron chi connectivity index (χ3n) is 5.27. The van der Waals surface area contributed by atoms with Crippen LogP contribution in [-0.4, -0.2) is 35.4 Å². The number of benzene rings is 2. The Bertz CT molecular complexity index is 850. The lowest BCUT2D eigenvalue weighted by Crippen LogP contribution is -2.52. The summed E-state index contributed by atoms with van der Waals surface area (Å²) in [6.07, 6.45) is -0.447. The molecule has 1 aliphatic rings. The minimum absolute atomic E-state index is 0.211. The number of hydrogen-bond donors (Lipinski definition) is 2. The van der Waals surface area contributed by atoms with E-state index in [1.807, 2.05) is 13.0 Å². The topological polar surface area (TPSA) is 61.8 Å². The molecule has 2 aromatic rings. The summed E-state index contributed by atoms with van der Waals surface area (Å²) in [5.41, 5.74) is 5.85. The Morgan fingerprint density at radius 2 is 2.00 bits per heavy atom. The van der Waals surface area contributed by atoms with Crippen molar-refractivity contribution in [1.29, 1.82) is 0 Å². The number of aryl methyl sites for hydroxylation is 2. The van der Waals surface area contributed by atoms with Crippen LogP contribution in [0.3, 0.4) is 0 Å². The molecular formula is C22H27ClN2O3. The second kappa shape index (κ2) is 8.84. The van der Waals surface area contributed by atoms with E-state index in [4.69, 9.17) is 21.4 Å². The largest absolute Gasteiger partial charge is 0.506 e. The van der Waals surface area contributed by atoms with Gasteiger partial charge in [-0.2, -0.15) is 0 Å². The summed E-state index contributed by atoms with van der Waals surface area (Å²) in [5.74, 6) is 0. The first-order chi connectivity index (χ1) is 13.4. The second-order valence-electron chi connectivity index (χ2n) is 7.45. The lowest BCUT2D eigenvalue weighted by molar-refractivity contribution is -0.0363. The third-order valence-corrected chi connectivity index (χ3v) is 5.69. The molecule has 0 bridgehead atoms. The number of ether oxygens (including phenoxy) is 1. The average Bonchev–Trinajstić information content (AvgIpc) is 2.62. The van der Waals surface area contributed by atoms with Crippen LogP contribution >= 0.6 is 11.6 Å². The van der Waals surface area contributed by atoms with Gasteiger partial charge in [-0.3, -0.25) is 4.90 Å². The van der Waals surface area contributed by atoms with Crippen molar-refractivity contribution in [3.63, 3.8) is 0 Å². The first-order valence-electron chi connectivity index (χ1n) is 9.59. The van der Waals surface area contributed by atoms with Crippen LogP contribution in [0.5, 0.6) is 0 Å². The molecule has 2 N–H and O–H groups in total. The van der Waals surface area contributed by atoms with E-state index < -0.39 is 6.16 Å². The van der Waals surface area contributed by atoms with Crippen molar-refractivity contribution in [1.82, 2.24) is 4.90 Å². The molecular weight excluding hydrogens is 376 g/mol. The number of carboxylic acid groups (broad SMARTS) is 1. The molecule has 1 heterocycles. The minimum Gasteiger partial charge on any atom is -0.450 e. The van der Waals surface area contributed by atoms with Gasteiger partial charge >= 0.3 is 6.16 Å². The van der Waals surface area contributed by atoms with Crippen molar-refractivity contribution in [2.45, 2.75) is 45.9 Å². The van der Waals surface area contributed by atoms with Crippen molar-refractivity contribution in [3.8, 4) is 0 Å². The fraction of sp³-hybridized carbons (Fsp3) is 0.409. The summed E-state index contributed by atoms with van der Waals surface area (Å²) in [6.45, 7) is 8.37. The van der Waals surface area contributed by atoms with Crippen molar-refractivity contribution in [2.24, 2.45) is 0 Å². The molecule has 1 atom stereocenters. The minimum atomic E-state index is -1.20. The summed E-state index contributed by atoms with van der Waals surface area (Å²) in [4.78, 5) is 12.8. The second-order valence-corrected chi connectivity index (χ2v) is 7.86. The van der Waals surface area contributed by atoms with E-state index >= 15 is 0 Å². The maximum absolute atomic E-state index is 10.6. The van der Waals surface area contributed by atoms with Crippen LogP contribution in [0.2, 0.25) is 5.02 Å². The molecule has 0 aliphatic carbocycles. The van der Waals surface area contributed by atoms with E-state index in [1.54, 1.807) is 0 Å². The molecule has 6 heteroatoms. The summed E-state index contributed by atoms with van der Waals surface area (Å²) >= 11 is 6.17. The molecule has 5 nitrogen and oxygen atoms in total. The number of likely N-dealkylation sites (tertiary alicyclic amines) is 1. The van der Waals surface area contributed by atoms with E-state index in [0.29, 0.717) is 13.1 Å². The maximum atomic E-state index is 10.6. The highest BCUT2D eigenvalue weighted by Gasteiger charge is 2.30. The van der Waals surface area contributed by atoms with Crippen molar-refractivity contribution < 1.29 is 14.6 Å². The highest BCUT2D eigenvalue weighted by molar-refractivity contribution is 6.31. The molecule has 1 aliphatic heterocycles. The molecule has 0 aromatic heterocycles. The van der Waals surface area contributed by atoms with Gasteiger partial charge in [-0.25, -0.2) is 4.79 Å². The smallest absolute Gasteiger partial charge is 0.450 e. The molecule has 28 heavy (non-hydrogen) atoms. The monoisotopic (exact) mass is 402 g/mol. The molecule has 0 spiro atoms. The highest BCUT2D eigenvalue weighted by atomic mass is 35.5. The molecule has 1 unspecified atom stereocenters. The van der Waals surface area contributed by atoms with Gasteiger partial charge in [0.05, 0.1) is 6.04 Å². The van der Waals surface area contributed by atoms with Gasteiger partial charge < -0.3 is 15.2 Å². The van der Waals surface area contributed by atoms with Gasteiger partial charge in [0.25, 0.3) is 0 Å². The Labute approximate surface area is 171 Å². The summed E-state index contributed by atoms with van der Waals surface area (Å²) in [6, 6.07) is 12.8. The van der Waals surface area contributed by atoms with Crippen molar-refractivity contribution in [3.05, 3.63) is 63.7 Å². The van der Waals surface area contributed by atoms with Crippen molar-refractivity contribution in [2.75, 3.05) is 18.4 Å². The number of carbonyl (C=O) groups is 1. The Morgan fingerprint density at radius 1 is 1.25 bits per heavy atom. The first-order valence-corrected chi connectivity index (χ1v) is 9.97. The van der Waals surface area contributed by atoms with E-state index in [2.05, 4.69) is 54.4 Å². The zero-order chi connectivity index (χ0) is 20.3. The zero-order valence-electron chi connectivity index (χ0n) is 16.5. The number of halogens is 1. The standard InChI is InChI=1S/C22H27ClN2O3/c1-4-21(16-6-8-20(23)15(3)9-16)24-18-7-5-14(2)17(10-18)11-25-12-19(13-25)28-22(26)27/h5-10,19,21,24H,4,11-13H2,1-3H3,(H,26,27). The highest BCUT2D eigenvalue weighted by Crippen LogP contribution is 2.28. The molecule has 3 rings (SSSR count). The fourth-order valence-corrected chi connectivity index (χ4v) is 3.67. The Hall–Kier alpha value is -2.24. The molecule has 2 aromatic carbocycles.